The van der Waals surface area contributed by atoms with Crippen molar-refractivity contribution in [1.29, 1.82) is 0 Å². The molecule has 0 aliphatic carbocycles. The molecule has 25 heavy (non-hydrogen) atoms. The lowest BCUT2D eigenvalue weighted by Gasteiger charge is -2.13. The number of pyridine rings is 1. The average Bonchev–Trinajstić information content (AvgIpc) is 3.06. The molecule has 0 amide bonds. The van der Waals surface area contributed by atoms with E-state index in [0.29, 0.717) is 16.3 Å². The number of nitrogens with one attached hydrogen (secondary N) is 1. The van der Waals surface area contributed by atoms with Crippen LogP contribution in [0.3, 0.4) is 0 Å². The summed E-state index contributed by atoms with van der Waals surface area (Å²) in [5.41, 5.74) is 2.74. The second-order valence-electron chi connectivity index (χ2n) is 5.30. The number of carbonyl (C=O) groups is 1. The van der Waals surface area contributed by atoms with Crippen LogP contribution in [0.15, 0.2) is 48.8 Å². The molecule has 6 nitrogen and oxygen atoms in total. The Hall–Kier alpha value is -2.86. The van der Waals surface area contributed by atoms with Crippen LogP contribution in [0.25, 0.3) is 5.69 Å². The maximum absolute atomic E-state index is 12.0. The zero-order valence-corrected chi connectivity index (χ0v) is 14.6. The van der Waals surface area contributed by atoms with E-state index in [-0.39, 0.29) is 0 Å². The first kappa shape index (κ1) is 17.0. The van der Waals surface area contributed by atoms with Crippen molar-refractivity contribution in [3.63, 3.8) is 0 Å². The van der Waals surface area contributed by atoms with Gasteiger partial charge >= 0.3 is 5.97 Å². The maximum atomic E-state index is 12.0. The molecule has 7 heteroatoms. The van der Waals surface area contributed by atoms with Gasteiger partial charge in [0.1, 0.15) is 5.82 Å². The van der Waals surface area contributed by atoms with E-state index in [1.54, 1.807) is 35.3 Å². The molecule has 0 bridgehead atoms. The van der Waals surface area contributed by atoms with Crippen LogP contribution in [-0.2, 0) is 11.2 Å². The molecule has 1 aromatic carbocycles. The van der Waals surface area contributed by atoms with Crippen LogP contribution in [0, 0.1) is 0 Å². The minimum atomic E-state index is -0.462. The molecule has 0 aliphatic rings. The highest BCUT2D eigenvalue weighted by Gasteiger charge is 2.16. The molecule has 2 heterocycles. The van der Waals surface area contributed by atoms with Gasteiger partial charge in [-0.15, -0.1) is 0 Å². The monoisotopic (exact) mass is 356 g/mol. The number of halogens is 1. The van der Waals surface area contributed by atoms with Gasteiger partial charge in [-0.1, -0.05) is 18.5 Å². The SMILES string of the molecule is CCc1cc(Nc2ccc(Cl)cc2C(=O)OC)n(-c2ccncc2)n1. The third-order valence-electron chi connectivity index (χ3n) is 3.68. The number of aromatic nitrogens is 3. The summed E-state index contributed by atoms with van der Waals surface area (Å²) >= 11 is 6.01. The number of ether oxygens (including phenoxy) is 1. The van der Waals surface area contributed by atoms with Crippen molar-refractivity contribution in [3.8, 4) is 5.69 Å². The van der Waals surface area contributed by atoms with Crippen molar-refractivity contribution < 1.29 is 9.53 Å². The Bertz CT molecular complexity index is 893. The lowest BCUT2D eigenvalue weighted by molar-refractivity contribution is 0.0602. The van der Waals surface area contributed by atoms with Gasteiger partial charge in [-0.3, -0.25) is 4.98 Å². The second-order valence-corrected chi connectivity index (χ2v) is 5.73. The third-order valence-corrected chi connectivity index (χ3v) is 3.91. The zero-order valence-electron chi connectivity index (χ0n) is 13.9. The molecule has 0 radical (unpaired) electrons. The first-order valence-corrected chi connectivity index (χ1v) is 8.14. The summed E-state index contributed by atoms with van der Waals surface area (Å²) in [5.74, 6) is 0.270. The highest BCUT2D eigenvalue weighted by molar-refractivity contribution is 6.31. The number of esters is 1. The summed E-state index contributed by atoms with van der Waals surface area (Å²) in [7, 11) is 1.34. The molecule has 0 spiro atoms. The highest BCUT2D eigenvalue weighted by atomic mass is 35.5. The van der Waals surface area contributed by atoms with Crippen LogP contribution in [-0.4, -0.2) is 27.8 Å². The summed E-state index contributed by atoms with van der Waals surface area (Å²) in [6, 6.07) is 10.7. The topological polar surface area (TPSA) is 69.0 Å². The van der Waals surface area contributed by atoms with Crippen LogP contribution in [0.1, 0.15) is 23.0 Å². The van der Waals surface area contributed by atoms with E-state index in [9.17, 15) is 4.79 Å². The van der Waals surface area contributed by atoms with Crippen molar-refractivity contribution >= 4 is 29.1 Å². The van der Waals surface area contributed by atoms with Gasteiger partial charge in [-0.25, -0.2) is 9.48 Å². The molecule has 0 unspecified atom stereocenters. The fraction of sp³-hybridized carbons (Fsp3) is 0.167. The van der Waals surface area contributed by atoms with Gasteiger partial charge in [0.15, 0.2) is 0 Å². The number of hydrogen-bond acceptors (Lipinski definition) is 5. The zero-order chi connectivity index (χ0) is 17.8. The predicted molar refractivity (Wildman–Crippen MR) is 96.8 cm³/mol. The van der Waals surface area contributed by atoms with Crippen molar-refractivity contribution in [1.82, 2.24) is 14.8 Å². The van der Waals surface area contributed by atoms with Crippen LogP contribution < -0.4 is 5.32 Å². The van der Waals surface area contributed by atoms with E-state index >= 15 is 0 Å². The van der Waals surface area contributed by atoms with Gasteiger partial charge in [-0.2, -0.15) is 5.10 Å². The predicted octanol–water partition coefficient (Wildman–Crippen LogP) is 4.01. The summed E-state index contributed by atoms with van der Waals surface area (Å²) < 4.78 is 6.62. The average molecular weight is 357 g/mol. The molecule has 0 saturated heterocycles. The molecule has 2 aromatic heterocycles. The summed E-state index contributed by atoms with van der Waals surface area (Å²) in [6.45, 7) is 2.03. The van der Waals surface area contributed by atoms with Gasteiger partial charge in [0, 0.05) is 23.5 Å². The Labute approximate surface area is 150 Å². The summed E-state index contributed by atoms with van der Waals surface area (Å²) in [5, 5.41) is 8.31. The number of methoxy groups -OCH3 is 1. The minimum absolute atomic E-state index is 0.357. The molecule has 0 fully saturated rings. The standard InChI is InChI=1S/C18H17ClN4O2/c1-3-13-11-17(23(22-13)14-6-8-20-9-7-14)21-16-5-4-12(19)10-15(16)18(24)25-2/h4-11,21H,3H2,1-2H3. The Morgan fingerprint density at radius 1 is 1.24 bits per heavy atom. The smallest absolute Gasteiger partial charge is 0.340 e. The molecule has 3 rings (SSSR count). The van der Waals surface area contributed by atoms with Crippen LogP contribution in [0.5, 0.6) is 0 Å². The normalized spacial score (nSPS) is 10.5. The van der Waals surface area contributed by atoms with Crippen molar-refractivity contribution in [2.45, 2.75) is 13.3 Å². The third kappa shape index (κ3) is 3.64. The van der Waals surface area contributed by atoms with Crippen LogP contribution in [0.4, 0.5) is 11.5 Å². The number of aryl methyl sites for hydroxylation is 1. The number of hydrogen-bond donors (Lipinski definition) is 1. The van der Waals surface area contributed by atoms with Gasteiger partial charge in [-0.05, 0) is 36.8 Å². The van der Waals surface area contributed by atoms with Gasteiger partial charge in [0.05, 0.1) is 29.7 Å². The summed E-state index contributed by atoms with van der Waals surface area (Å²) in [6.07, 6.45) is 4.19. The molecule has 128 valence electrons. The largest absolute Gasteiger partial charge is 0.465 e. The quantitative estimate of drug-likeness (QED) is 0.699. The van der Waals surface area contributed by atoms with Crippen molar-refractivity contribution in [2.24, 2.45) is 0 Å². The number of nitrogens with zero attached hydrogens (tertiary/aromatic N) is 3. The Kier molecular flexibility index (Phi) is 5.00. The molecular formula is C18H17ClN4O2. The van der Waals surface area contributed by atoms with E-state index in [4.69, 9.17) is 16.3 Å². The number of anilines is 2. The Morgan fingerprint density at radius 2 is 2.00 bits per heavy atom. The molecular weight excluding hydrogens is 340 g/mol. The van der Waals surface area contributed by atoms with Crippen LogP contribution in [0.2, 0.25) is 5.02 Å². The Morgan fingerprint density at radius 3 is 2.68 bits per heavy atom. The van der Waals surface area contributed by atoms with Gasteiger partial charge in [0.25, 0.3) is 0 Å². The van der Waals surface area contributed by atoms with E-state index in [2.05, 4.69) is 15.4 Å². The van der Waals surface area contributed by atoms with E-state index in [1.165, 1.54) is 7.11 Å². The Balaban J connectivity index is 2.04. The van der Waals surface area contributed by atoms with Crippen molar-refractivity contribution in [3.05, 3.63) is 65.1 Å². The summed E-state index contributed by atoms with van der Waals surface area (Å²) in [4.78, 5) is 16.1. The maximum Gasteiger partial charge on any atom is 0.340 e. The fourth-order valence-corrected chi connectivity index (χ4v) is 2.59. The fourth-order valence-electron chi connectivity index (χ4n) is 2.42. The lowest BCUT2D eigenvalue weighted by atomic mass is 10.1. The number of benzene rings is 1. The number of rotatable bonds is 5. The first-order valence-electron chi connectivity index (χ1n) is 7.76. The first-order chi connectivity index (χ1) is 12.1. The highest BCUT2D eigenvalue weighted by Crippen LogP contribution is 2.27. The minimum Gasteiger partial charge on any atom is -0.465 e. The molecule has 0 atom stereocenters. The van der Waals surface area contributed by atoms with E-state index in [0.717, 1.165) is 23.6 Å². The molecule has 3 aromatic rings. The molecule has 0 saturated carbocycles. The van der Waals surface area contributed by atoms with Gasteiger partial charge < -0.3 is 10.1 Å². The van der Waals surface area contributed by atoms with Gasteiger partial charge in [0.2, 0.25) is 0 Å². The lowest BCUT2D eigenvalue weighted by Crippen LogP contribution is -2.08. The van der Waals surface area contributed by atoms with Crippen molar-refractivity contribution in [2.75, 3.05) is 12.4 Å². The van der Waals surface area contributed by atoms with Crippen LogP contribution >= 0.6 is 11.6 Å². The number of carbonyl (C=O) groups excluding carboxylic acids is 1. The molecule has 1 N–H and O–H groups in total. The molecule has 0 aliphatic heterocycles. The van der Waals surface area contributed by atoms with E-state index < -0.39 is 5.97 Å². The van der Waals surface area contributed by atoms with E-state index in [1.807, 2.05) is 25.1 Å². The second kappa shape index (κ2) is 7.36.